The number of benzene rings is 2. The zero-order valence-corrected chi connectivity index (χ0v) is 17.5. The Morgan fingerprint density at radius 1 is 1.29 bits per heavy atom. The molecular weight excluding hydrogens is 394 g/mol. The van der Waals surface area contributed by atoms with Crippen molar-refractivity contribution in [3.63, 3.8) is 0 Å². The van der Waals surface area contributed by atoms with E-state index in [0.717, 1.165) is 22.4 Å². The summed E-state index contributed by atoms with van der Waals surface area (Å²) in [6.07, 6.45) is 0.995. The summed E-state index contributed by atoms with van der Waals surface area (Å²) in [6, 6.07) is 12.5. The van der Waals surface area contributed by atoms with Crippen molar-refractivity contribution < 1.29 is 9.72 Å². The first kappa shape index (κ1) is 20.3. The second kappa shape index (κ2) is 8.70. The van der Waals surface area contributed by atoms with Gasteiger partial charge >= 0.3 is 0 Å². The number of thiazole rings is 1. The summed E-state index contributed by atoms with van der Waals surface area (Å²) >= 11 is 2.72. The average molecular weight is 416 g/mol. The number of aromatic nitrogens is 1. The Bertz CT molecular complexity index is 1020. The maximum Gasteiger partial charge on any atom is 0.270 e. The molecule has 1 N–H and O–H groups in total. The maximum atomic E-state index is 12.7. The summed E-state index contributed by atoms with van der Waals surface area (Å²) in [7, 11) is 0. The predicted octanol–water partition coefficient (Wildman–Crippen LogP) is 5.84. The molecule has 3 aromatic rings. The Balaban J connectivity index is 1.73. The number of hydrogen-bond acceptors (Lipinski definition) is 6. The maximum absolute atomic E-state index is 12.7. The molecule has 146 valence electrons. The second-order valence-corrected chi connectivity index (χ2v) is 9.15. The van der Waals surface area contributed by atoms with Crippen LogP contribution in [0.15, 0.2) is 46.8 Å². The van der Waals surface area contributed by atoms with E-state index >= 15 is 0 Å². The number of hydrogen-bond donors (Lipinski definition) is 1. The van der Waals surface area contributed by atoms with E-state index in [1.54, 1.807) is 6.07 Å². The van der Waals surface area contributed by atoms with E-state index in [-0.39, 0.29) is 16.8 Å². The van der Waals surface area contributed by atoms with Crippen LogP contribution in [0.5, 0.6) is 0 Å². The van der Waals surface area contributed by atoms with Gasteiger partial charge in [0.2, 0.25) is 5.91 Å². The van der Waals surface area contributed by atoms with Crippen LogP contribution in [0.4, 0.5) is 11.4 Å². The van der Waals surface area contributed by atoms with Crippen LogP contribution in [0.2, 0.25) is 0 Å². The van der Waals surface area contributed by atoms with Crippen molar-refractivity contribution in [1.82, 2.24) is 4.98 Å². The highest BCUT2D eigenvalue weighted by Crippen LogP contribution is 2.34. The number of para-hydroxylation sites is 1. The van der Waals surface area contributed by atoms with Crippen molar-refractivity contribution in [1.29, 1.82) is 0 Å². The van der Waals surface area contributed by atoms with Crippen molar-refractivity contribution in [2.24, 2.45) is 0 Å². The van der Waals surface area contributed by atoms with Gasteiger partial charge in [0, 0.05) is 17.8 Å². The third kappa shape index (κ3) is 4.51. The summed E-state index contributed by atoms with van der Waals surface area (Å²) in [5, 5.41) is 13.6. The lowest BCUT2D eigenvalue weighted by Gasteiger charge is -2.17. The van der Waals surface area contributed by atoms with Crippen LogP contribution >= 0.6 is 23.1 Å². The smallest absolute Gasteiger partial charge is 0.270 e. The predicted molar refractivity (Wildman–Crippen MR) is 115 cm³/mol. The number of amides is 1. The fraction of sp³-hybridized carbons (Fsp3) is 0.300. The van der Waals surface area contributed by atoms with Gasteiger partial charge in [0.05, 0.1) is 20.4 Å². The number of rotatable bonds is 7. The van der Waals surface area contributed by atoms with Crippen molar-refractivity contribution in [2.75, 3.05) is 5.32 Å². The Labute approximate surface area is 171 Å². The number of non-ortho nitro benzene ring substituents is 1. The first-order valence-corrected chi connectivity index (χ1v) is 10.7. The number of anilines is 1. The van der Waals surface area contributed by atoms with Crippen LogP contribution in [-0.4, -0.2) is 21.1 Å². The third-order valence-electron chi connectivity index (χ3n) is 4.57. The summed E-state index contributed by atoms with van der Waals surface area (Å²) in [6.45, 7) is 6.10. The second-order valence-electron chi connectivity index (χ2n) is 6.53. The molecule has 6 nitrogen and oxygen atoms in total. The Hall–Kier alpha value is -2.45. The average Bonchev–Trinajstić information content (AvgIpc) is 3.08. The number of nitro groups is 1. The van der Waals surface area contributed by atoms with Gasteiger partial charge in [-0.15, -0.1) is 11.3 Å². The molecule has 0 fully saturated rings. The third-order valence-corrected chi connectivity index (χ3v) is 6.78. The number of nitrogens with one attached hydrogen (secondary N) is 1. The van der Waals surface area contributed by atoms with Gasteiger partial charge in [-0.3, -0.25) is 14.9 Å². The molecule has 2 atom stereocenters. The van der Waals surface area contributed by atoms with Crippen LogP contribution in [0, 0.1) is 10.1 Å². The Morgan fingerprint density at radius 3 is 2.75 bits per heavy atom. The standard InChI is InChI=1S/C20H21N3O3S2/c1-4-12(2)15-7-5-6-8-16(15)21-19(24)13(3)27-20-22-17-10-9-14(23(25)26)11-18(17)28-20/h5-13H,4H2,1-3H3,(H,21,24)/t12-,13-/m0/s1. The van der Waals surface area contributed by atoms with Gasteiger partial charge in [0.1, 0.15) is 0 Å². The van der Waals surface area contributed by atoms with Crippen LogP contribution in [0.25, 0.3) is 10.2 Å². The molecule has 0 unspecified atom stereocenters. The first-order valence-electron chi connectivity index (χ1n) is 9.00. The molecule has 28 heavy (non-hydrogen) atoms. The summed E-state index contributed by atoms with van der Waals surface area (Å²) < 4.78 is 1.46. The summed E-state index contributed by atoms with van der Waals surface area (Å²) in [4.78, 5) is 27.7. The summed E-state index contributed by atoms with van der Waals surface area (Å²) in [5.74, 6) is 0.269. The van der Waals surface area contributed by atoms with E-state index in [9.17, 15) is 14.9 Å². The highest BCUT2D eigenvalue weighted by atomic mass is 32.2. The molecule has 0 aliphatic heterocycles. The van der Waals surface area contributed by atoms with E-state index < -0.39 is 4.92 Å². The fourth-order valence-electron chi connectivity index (χ4n) is 2.76. The van der Waals surface area contributed by atoms with Gasteiger partial charge in [-0.1, -0.05) is 43.8 Å². The highest BCUT2D eigenvalue weighted by molar-refractivity contribution is 8.02. The van der Waals surface area contributed by atoms with Crippen LogP contribution in [-0.2, 0) is 4.79 Å². The molecule has 2 aromatic carbocycles. The molecule has 0 saturated heterocycles. The quantitative estimate of drug-likeness (QED) is 0.298. The van der Waals surface area contributed by atoms with Gasteiger partial charge in [0.15, 0.2) is 4.34 Å². The zero-order chi connectivity index (χ0) is 20.3. The van der Waals surface area contributed by atoms with Crippen LogP contribution < -0.4 is 5.32 Å². The van der Waals surface area contributed by atoms with Gasteiger partial charge in [-0.05, 0) is 37.0 Å². The number of carbonyl (C=O) groups excluding carboxylic acids is 1. The normalized spacial score (nSPS) is 13.2. The Kier molecular flexibility index (Phi) is 6.31. The molecule has 3 rings (SSSR count). The molecule has 0 aliphatic carbocycles. The lowest BCUT2D eigenvalue weighted by atomic mass is 9.97. The molecule has 1 heterocycles. The minimum Gasteiger partial charge on any atom is -0.325 e. The first-order chi connectivity index (χ1) is 13.4. The van der Waals surface area contributed by atoms with E-state index in [0.29, 0.717) is 15.8 Å². The largest absolute Gasteiger partial charge is 0.325 e. The van der Waals surface area contributed by atoms with E-state index in [1.165, 1.54) is 35.2 Å². The Morgan fingerprint density at radius 2 is 2.04 bits per heavy atom. The topological polar surface area (TPSA) is 85.1 Å². The van der Waals surface area contributed by atoms with E-state index in [4.69, 9.17) is 0 Å². The fourth-order valence-corrected chi connectivity index (χ4v) is 5.00. The number of carbonyl (C=O) groups is 1. The van der Waals surface area contributed by atoms with Gasteiger partial charge in [-0.2, -0.15) is 0 Å². The van der Waals surface area contributed by atoms with Gasteiger partial charge in [0.25, 0.3) is 5.69 Å². The number of nitro benzene ring substituents is 1. The molecule has 0 spiro atoms. The number of nitrogens with zero attached hydrogens (tertiary/aromatic N) is 2. The highest BCUT2D eigenvalue weighted by Gasteiger charge is 2.19. The molecule has 0 bridgehead atoms. The zero-order valence-electron chi connectivity index (χ0n) is 15.8. The minimum absolute atomic E-state index is 0.0418. The van der Waals surface area contributed by atoms with Gasteiger partial charge < -0.3 is 5.32 Å². The van der Waals surface area contributed by atoms with Gasteiger partial charge in [-0.25, -0.2) is 4.98 Å². The van der Waals surface area contributed by atoms with Crippen molar-refractivity contribution in [3.05, 3.63) is 58.1 Å². The lowest BCUT2D eigenvalue weighted by molar-refractivity contribution is -0.384. The summed E-state index contributed by atoms with van der Waals surface area (Å²) in [5.41, 5.74) is 2.71. The molecule has 0 aliphatic rings. The van der Waals surface area contributed by atoms with Crippen molar-refractivity contribution in [2.45, 2.75) is 42.7 Å². The lowest BCUT2D eigenvalue weighted by Crippen LogP contribution is -2.23. The van der Waals surface area contributed by atoms with Crippen molar-refractivity contribution >= 4 is 50.6 Å². The van der Waals surface area contributed by atoms with Crippen LogP contribution in [0.1, 0.15) is 38.7 Å². The number of thioether (sulfide) groups is 1. The SMILES string of the molecule is CC[C@H](C)c1ccccc1NC(=O)[C@H](C)Sc1nc2ccc([N+](=O)[O-])cc2s1. The monoisotopic (exact) mass is 415 g/mol. The minimum atomic E-state index is -0.420. The molecule has 0 saturated carbocycles. The molecule has 1 aromatic heterocycles. The van der Waals surface area contributed by atoms with E-state index in [2.05, 4.69) is 24.1 Å². The van der Waals surface area contributed by atoms with Crippen molar-refractivity contribution in [3.8, 4) is 0 Å². The number of fused-ring (bicyclic) bond motifs is 1. The molecular formula is C20H21N3O3S2. The molecule has 0 radical (unpaired) electrons. The molecule has 1 amide bonds. The van der Waals surface area contributed by atoms with Crippen LogP contribution in [0.3, 0.4) is 0 Å². The van der Waals surface area contributed by atoms with E-state index in [1.807, 2.05) is 31.2 Å². The molecule has 8 heteroatoms.